The Morgan fingerprint density at radius 1 is 1.48 bits per heavy atom. The molecule has 2 atom stereocenters. The summed E-state index contributed by atoms with van der Waals surface area (Å²) in [5.74, 6) is 0.660. The quantitative estimate of drug-likeness (QED) is 0.868. The van der Waals surface area contributed by atoms with Gasteiger partial charge in [0.1, 0.15) is 5.75 Å². The minimum Gasteiger partial charge on any atom is -0.468 e. The summed E-state index contributed by atoms with van der Waals surface area (Å²) in [6.45, 7) is 6.39. The van der Waals surface area contributed by atoms with Crippen LogP contribution in [0.1, 0.15) is 45.1 Å². The Hall–Kier alpha value is -1.97. The summed E-state index contributed by atoms with van der Waals surface area (Å²) in [5, 5.41) is 3.33. The van der Waals surface area contributed by atoms with Gasteiger partial charge in [0.2, 0.25) is 0 Å². The lowest BCUT2D eigenvalue weighted by Crippen LogP contribution is -2.54. The third kappa shape index (κ3) is 2.39. The van der Waals surface area contributed by atoms with E-state index >= 15 is 0 Å². The molecule has 21 heavy (non-hydrogen) atoms. The van der Waals surface area contributed by atoms with Crippen molar-refractivity contribution in [3.05, 3.63) is 41.1 Å². The Balaban J connectivity index is 2.03. The summed E-state index contributed by atoms with van der Waals surface area (Å²) in [7, 11) is 0. The van der Waals surface area contributed by atoms with Crippen LogP contribution in [0.4, 0.5) is 0 Å². The zero-order chi connectivity index (χ0) is 15.0. The molecule has 0 fully saturated rings. The normalized spacial score (nSPS) is 26.5. The van der Waals surface area contributed by atoms with Crippen LogP contribution in [0.5, 0.6) is 5.75 Å². The van der Waals surface area contributed by atoms with E-state index in [0.717, 1.165) is 35.4 Å². The molecule has 0 aromatic heterocycles. The second-order valence-electron chi connectivity index (χ2n) is 5.93. The molecule has 0 unspecified atom stereocenters. The third-order valence-corrected chi connectivity index (χ3v) is 4.08. The van der Waals surface area contributed by atoms with E-state index < -0.39 is 5.72 Å². The number of esters is 1. The number of allylic oxidation sites excluding steroid dienone is 1. The van der Waals surface area contributed by atoms with Gasteiger partial charge in [-0.15, -0.1) is 0 Å². The molecule has 0 aliphatic carbocycles. The number of hydrogen-bond acceptors (Lipinski definition) is 4. The third-order valence-electron chi connectivity index (χ3n) is 4.08. The molecule has 112 valence electrons. The fourth-order valence-corrected chi connectivity index (χ4v) is 3.27. The average Bonchev–Trinajstić information content (AvgIpc) is 2.43. The van der Waals surface area contributed by atoms with Gasteiger partial charge in [-0.1, -0.05) is 25.1 Å². The predicted molar refractivity (Wildman–Crippen MR) is 79.9 cm³/mol. The second kappa shape index (κ2) is 5.10. The van der Waals surface area contributed by atoms with Crippen molar-refractivity contribution in [2.45, 2.75) is 45.3 Å². The minimum atomic E-state index is -0.461. The van der Waals surface area contributed by atoms with Gasteiger partial charge < -0.3 is 14.8 Å². The molecule has 1 aromatic rings. The van der Waals surface area contributed by atoms with E-state index in [4.69, 9.17) is 9.47 Å². The monoisotopic (exact) mass is 287 g/mol. The Labute approximate surface area is 125 Å². The largest absolute Gasteiger partial charge is 0.468 e. The van der Waals surface area contributed by atoms with Crippen molar-refractivity contribution in [2.75, 3.05) is 6.61 Å². The van der Waals surface area contributed by atoms with Gasteiger partial charge in [0.15, 0.2) is 5.72 Å². The van der Waals surface area contributed by atoms with Crippen molar-refractivity contribution in [3.63, 3.8) is 0 Å². The second-order valence-corrected chi connectivity index (χ2v) is 5.93. The van der Waals surface area contributed by atoms with Crippen molar-refractivity contribution in [3.8, 4) is 5.75 Å². The Bertz CT molecular complexity index is 608. The number of nitrogens with one attached hydrogen (secondary N) is 1. The van der Waals surface area contributed by atoms with E-state index in [1.807, 2.05) is 45.0 Å². The molecule has 1 aromatic carbocycles. The summed E-state index contributed by atoms with van der Waals surface area (Å²) < 4.78 is 11.4. The number of carbonyl (C=O) groups is 1. The minimum absolute atomic E-state index is 0.0329. The van der Waals surface area contributed by atoms with Crippen LogP contribution < -0.4 is 10.1 Å². The van der Waals surface area contributed by atoms with Crippen molar-refractivity contribution >= 4 is 5.97 Å². The summed E-state index contributed by atoms with van der Waals surface area (Å²) in [6.07, 6.45) is 1.56. The Morgan fingerprint density at radius 3 is 3.00 bits per heavy atom. The lowest BCUT2D eigenvalue weighted by Gasteiger charge is -2.45. The average molecular weight is 287 g/mol. The molecule has 2 heterocycles. The van der Waals surface area contributed by atoms with Gasteiger partial charge in [0.05, 0.1) is 12.2 Å². The lowest BCUT2D eigenvalue weighted by atomic mass is 9.78. The molecule has 2 aliphatic heterocycles. The molecular formula is C17H21NO3. The van der Waals surface area contributed by atoms with Crippen LogP contribution in [0.15, 0.2) is 35.5 Å². The highest BCUT2D eigenvalue weighted by atomic mass is 16.5. The van der Waals surface area contributed by atoms with Crippen LogP contribution in [0, 0.1) is 0 Å². The molecule has 3 rings (SSSR count). The zero-order valence-corrected chi connectivity index (χ0v) is 12.7. The predicted octanol–water partition coefficient (Wildman–Crippen LogP) is 3.10. The Morgan fingerprint density at radius 2 is 2.24 bits per heavy atom. The first kappa shape index (κ1) is 14.0. The molecule has 0 saturated carbocycles. The number of benzene rings is 1. The van der Waals surface area contributed by atoms with Crippen LogP contribution in [-0.4, -0.2) is 18.3 Å². The topological polar surface area (TPSA) is 47.6 Å². The summed E-state index contributed by atoms with van der Waals surface area (Å²) in [6, 6.07) is 7.93. The van der Waals surface area contributed by atoms with E-state index in [1.54, 1.807) is 0 Å². The molecule has 1 N–H and O–H groups in total. The zero-order valence-electron chi connectivity index (χ0n) is 12.7. The van der Waals surface area contributed by atoms with Gasteiger partial charge in [-0.05, 0) is 26.3 Å². The first-order chi connectivity index (χ1) is 10.0. The van der Waals surface area contributed by atoms with Crippen LogP contribution in [0.25, 0.3) is 0 Å². The van der Waals surface area contributed by atoms with Gasteiger partial charge in [-0.2, -0.15) is 0 Å². The maximum absolute atomic E-state index is 12.4. The molecule has 0 amide bonds. The van der Waals surface area contributed by atoms with Gasteiger partial charge in [-0.3, -0.25) is 0 Å². The van der Waals surface area contributed by atoms with Gasteiger partial charge in [0, 0.05) is 23.6 Å². The maximum atomic E-state index is 12.4. The highest BCUT2D eigenvalue weighted by molar-refractivity contribution is 5.91. The van der Waals surface area contributed by atoms with Crippen LogP contribution in [0.2, 0.25) is 0 Å². The number of para-hydroxylation sites is 1. The van der Waals surface area contributed by atoms with Gasteiger partial charge >= 0.3 is 5.97 Å². The number of fused-ring (bicyclic) bond motifs is 4. The van der Waals surface area contributed by atoms with Crippen molar-refractivity contribution in [1.29, 1.82) is 0 Å². The van der Waals surface area contributed by atoms with E-state index in [9.17, 15) is 4.79 Å². The standard InChI is InChI=1S/C17H21NO3/c1-4-9-20-16(19)15-11(2)18-17(3)10-13(15)12-7-5-6-8-14(12)21-17/h5-8,13,18H,4,9-10H2,1-3H3/t13-,17-/m0/s1. The number of ether oxygens (including phenoxy) is 2. The first-order valence-corrected chi connectivity index (χ1v) is 7.48. The first-order valence-electron chi connectivity index (χ1n) is 7.48. The van der Waals surface area contributed by atoms with Crippen molar-refractivity contribution < 1.29 is 14.3 Å². The lowest BCUT2D eigenvalue weighted by molar-refractivity contribution is -0.140. The van der Waals surface area contributed by atoms with E-state index in [0.29, 0.717) is 6.61 Å². The molecule has 2 aliphatic rings. The molecule has 0 saturated heterocycles. The number of carbonyl (C=O) groups excluding carboxylic acids is 1. The summed E-state index contributed by atoms with van der Waals surface area (Å²) in [4.78, 5) is 12.4. The molecule has 2 bridgehead atoms. The summed E-state index contributed by atoms with van der Waals surface area (Å²) in [5.41, 5.74) is 2.19. The fourth-order valence-electron chi connectivity index (χ4n) is 3.27. The van der Waals surface area contributed by atoms with E-state index in [2.05, 4.69) is 5.32 Å². The molecule has 4 nitrogen and oxygen atoms in total. The fraction of sp³-hybridized carbons (Fsp3) is 0.471. The highest BCUT2D eigenvalue weighted by Crippen LogP contribution is 2.47. The van der Waals surface area contributed by atoms with Crippen LogP contribution in [0.3, 0.4) is 0 Å². The molecular weight excluding hydrogens is 266 g/mol. The van der Waals surface area contributed by atoms with E-state index in [-0.39, 0.29) is 11.9 Å². The molecule has 0 radical (unpaired) electrons. The highest BCUT2D eigenvalue weighted by Gasteiger charge is 2.45. The van der Waals surface area contributed by atoms with Gasteiger partial charge in [-0.25, -0.2) is 4.79 Å². The van der Waals surface area contributed by atoms with Crippen molar-refractivity contribution in [2.24, 2.45) is 0 Å². The Kier molecular flexibility index (Phi) is 3.40. The van der Waals surface area contributed by atoms with Crippen molar-refractivity contribution in [1.82, 2.24) is 5.32 Å². The van der Waals surface area contributed by atoms with E-state index in [1.165, 1.54) is 0 Å². The van der Waals surface area contributed by atoms with Crippen LogP contribution >= 0.6 is 0 Å². The summed E-state index contributed by atoms with van der Waals surface area (Å²) >= 11 is 0. The SMILES string of the molecule is CCCOC(=O)C1=C(C)N[C@]2(C)C[C@H]1c1ccccc1O2. The smallest absolute Gasteiger partial charge is 0.336 e. The number of hydrogen-bond donors (Lipinski definition) is 1. The molecule has 4 heteroatoms. The van der Waals surface area contributed by atoms with Gasteiger partial charge in [0.25, 0.3) is 0 Å². The van der Waals surface area contributed by atoms with Crippen LogP contribution in [-0.2, 0) is 9.53 Å². The maximum Gasteiger partial charge on any atom is 0.336 e. The number of rotatable bonds is 3. The molecule has 0 spiro atoms.